The van der Waals surface area contributed by atoms with Gasteiger partial charge in [0.15, 0.2) is 0 Å². The summed E-state index contributed by atoms with van der Waals surface area (Å²) in [6.07, 6.45) is 3.98. The van der Waals surface area contributed by atoms with Gasteiger partial charge in [-0.05, 0) is 38.8 Å². The minimum Gasteiger partial charge on any atom is -0.444 e. The highest BCUT2D eigenvalue weighted by atomic mass is 32.1. The first kappa shape index (κ1) is 14.7. The predicted molar refractivity (Wildman–Crippen MR) is 74.9 cm³/mol. The van der Waals surface area contributed by atoms with Gasteiger partial charge in [-0.1, -0.05) is 12.2 Å². The van der Waals surface area contributed by atoms with Crippen LogP contribution < -0.4 is 5.32 Å². The molecule has 1 aromatic rings. The van der Waals surface area contributed by atoms with Crippen LogP contribution in [0.25, 0.3) is 6.08 Å². The minimum absolute atomic E-state index is 0.143. The number of rotatable bonds is 4. The fourth-order valence-electron chi connectivity index (χ4n) is 1.20. The molecular weight excluding hydrogens is 250 g/mol. The lowest BCUT2D eigenvalue weighted by atomic mass is 10.2. The summed E-state index contributed by atoms with van der Waals surface area (Å²) in [6.45, 7) is 5.61. The van der Waals surface area contributed by atoms with Gasteiger partial charge in [0, 0.05) is 12.0 Å². The Morgan fingerprint density at radius 2 is 2.28 bits per heavy atom. The van der Waals surface area contributed by atoms with Crippen molar-refractivity contribution in [2.24, 2.45) is 0 Å². The van der Waals surface area contributed by atoms with Gasteiger partial charge in [-0.15, -0.1) is 11.3 Å². The molecule has 4 nitrogen and oxygen atoms in total. The molecule has 0 saturated heterocycles. The van der Waals surface area contributed by atoms with Crippen molar-refractivity contribution in [2.45, 2.75) is 32.8 Å². The van der Waals surface area contributed by atoms with Crippen LogP contribution in [-0.2, 0) is 4.74 Å². The molecule has 0 aliphatic heterocycles. The van der Waals surface area contributed by atoms with Gasteiger partial charge in [-0.25, -0.2) is 4.79 Å². The molecule has 100 valence electrons. The van der Waals surface area contributed by atoms with E-state index in [2.05, 4.69) is 5.32 Å². The Hall–Kier alpha value is -1.33. The van der Waals surface area contributed by atoms with Crippen LogP contribution in [0.5, 0.6) is 0 Å². The van der Waals surface area contributed by atoms with Crippen LogP contribution in [0, 0.1) is 0 Å². The molecule has 0 saturated carbocycles. The topological polar surface area (TPSA) is 58.6 Å². The quantitative estimate of drug-likeness (QED) is 0.879. The SMILES string of the molecule is CC(C)(C)OC(=O)Nc1cc(C=CCCO)cs1. The minimum atomic E-state index is -0.495. The van der Waals surface area contributed by atoms with Crippen LogP contribution >= 0.6 is 11.3 Å². The zero-order chi connectivity index (χ0) is 13.6. The zero-order valence-corrected chi connectivity index (χ0v) is 11.7. The lowest BCUT2D eigenvalue weighted by Crippen LogP contribution is -2.26. The van der Waals surface area contributed by atoms with Crippen molar-refractivity contribution in [3.05, 3.63) is 23.1 Å². The van der Waals surface area contributed by atoms with Gasteiger partial charge < -0.3 is 9.84 Å². The predicted octanol–water partition coefficient (Wildman–Crippen LogP) is 3.49. The molecule has 0 unspecified atom stereocenters. The van der Waals surface area contributed by atoms with Crippen LogP contribution in [0.2, 0.25) is 0 Å². The van der Waals surface area contributed by atoms with E-state index in [1.807, 2.05) is 44.4 Å². The molecule has 0 spiro atoms. The standard InChI is InChI=1S/C13H19NO3S/c1-13(2,3)17-12(16)14-11-8-10(9-18-11)6-4-5-7-15/h4,6,8-9,15H,5,7H2,1-3H3,(H,14,16). The number of amides is 1. The summed E-state index contributed by atoms with van der Waals surface area (Å²) in [5.41, 5.74) is 0.505. The Labute approximate surface area is 111 Å². The monoisotopic (exact) mass is 269 g/mol. The second-order valence-electron chi connectivity index (χ2n) is 4.79. The molecular formula is C13H19NO3S. The second-order valence-corrected chi connectivity index (χ2v) is 5.70. The Morgan fingerprint density at radius 1 is 1.56 bits per heavy atom. The largest absolute Gasteiger partial charge is 0.444 e. The molecule has 0 aliphatic rings. The van der Waals surface area contributed by atoms with Crippen molar-refractivity contribution in [2.75, 3.05) is 11.9 Å². The molecule has 1 heterocycles. The smallest absolute Gasteiger partial charge is 0.412 e. The highest BCUT2D eigenvalue weighted by molar-refractivity contribution is 7.14. The van der Waals surface area contributed by atoms with E-state index in [-0.39, 0.29) is 6.61 Å². The molecule has 0 aliphatic carbocycles. The maximum absolute atomic E-state index is 11.5. The van der Waals surface area contributed by atoms with Gasteiger partial charge in [0.2, 0.25) is 0 Å². The molecule has 0 atom stereocenters. The number of ether oxygens (including phenoxy) is 1. The maximum Gasteiger partial charge on any atom is 0.412 e. The Balaban J connectivity index is 2.51. The number of aliphatic hydroxyl groups is 1. The molecule has 18 heavy (non-hydrogen) atoms. The molecule has 1 aromatic heterocycles. The fourth-order valence-corrected chi connectivity index (χ4v) is 1.96. The van der Waals surface area contributed by atoms with Gasteiger partial charge >= 0.3 is 6.09 Å². The number of hydrogen-bond acceptors (Lipinski definition) is 4. The first-order valence-corrected chi connectivity index (χ1v) is 6.64. The molecule has 1 amide bonds. The highest BCUT2D eigenvalue weighted by Gasteiger charge is 2.16. The van der Waals surface area contributed by atoms with E-state index in [1.54, 1.807) is 0 Å². The molecule has 0 bridgehead atoms. The molecule has 2 N–H and O–H groups in total. The second kappa shape index (κ2) is 6.56. The Morgan fingerprint density at radius 3 is 2.89 bits per heavy atom. The molecule has 0 radical (unpaired) electrons. The van der Waals surface area contributed by atoms with Gasteiger partial charge in [-0.2, -0.15) is 0 Å². The van der Waals surface area contributed by atoms with Crippen molar-refractivity contribution in [1.29, 1.82) is 0 Å². The Bertz CT molecular complexity index is 418. The summed E-state index contributed by atoms with van der Waals surface area (Å²) in [6, 6.07) is 1.86. The number of nitrogens with one attached hydrogen (secondary N) is 1. The van der Waals surface area contributed by atoms with E-state index >= 15 is 0 Å². The van der Waals surface area contributed by atoms with Crippen molar-refractivity contribution in [1.82, 2.24) is 0 Å². The third-order valence-corrected chi connectivity index (χ3v) is 2.71. The average Bonchev–Trinajstić information content (AvgIpc) is 2.63. The lowest BCUT2D eigenvalue weighted by Gasteiger charge is -2.19. The highest BCUT2D eigenvalue weighted by Crippen LogP contribution is 2.22. The number of anilines is 1. The van der Waals surface area contributed by atoms with Crippen LogP contribution in [0.4, 0.5) is 9.80 Å². The van der Waals surface area contributed by atoms with Gasteiger partial charge in [0.1, 0.15) is 5.60 Å². The van der Waals surface area contributed by atoms with Crippen molar-refractivity contribution in [3.63, 3.8) is 0 Å². The third-order valence-electron chi connectivity index (χ3n) is 1.85. The summed E-state index contributed by atoms with van der Waals surface area (Å²) in [5, 5.41) is 14.0. The number of aliphatic hydroxyl groups excluding tert-OH is 1. The van der Waals surface area contributed by atoms with E-state index < -0.39 is 11.7 Å². The van der Waals surface area contributed by atoms with E-state index in [0.717, 1.165) is 10.6 Å². The first-order valence-electron chi connectivity index (χ1n) is 5.76. The lowest BCUT2D eigenvalue weighted by molar-refractivity contribution is 0.0636. The van der Waals surface area contributed by atoms with Gasteiger partial charge in [-0.3, -0.25) is 5.32 Å². The summed E-state index contributed by atoms with van der Waals surface area (Å²) >= 11 is 1.44. The first-order chi connectivity index (χ1) is 8.40. The van der Waals surface area contributed by atoms with E-state index in [0.29, 0.717) is 6.42 Å². The number of carbonyl (C=O) groups is 1. The molecule has 1 rings (SSSR count). The van der Waals surface area contributed by atoms with Gasteiger partial charge in [0.05, 0.1) is 5.00 Å². The van der Waals surface area contributed by atoms with Crippen molar-refractivity contribution in [3.8, 4) is 0 Å². The number of carbonyl (C=O) groups excluding carboxylic acids is 1. The van der Waals surface area contributed by atoms with E-state index in [4.69, 9.17) is 9.84 Å². The van der Waals surface area contributed by atoms with Crippen molar-refractivity contribution < 1.29 is 14.6 Å². The van der Waals surface area contributed by atoms with E-state index in [1.165, 1.54) is 11.3 Å². The molecule has 5 heteroatoms. The maximum atomic E-state index is 11.5. The van der Waals surface area contributed by atoms with Crippen LogP contribution in [0.3, 0.4) is 0 Å². The normalized spacial score (nSPS) is 11.8. The number of thiophene rings is 1. The summed E-state index contributed by atoms with van der Waals surface area (Å²) in [4.78, 5) is 11.5. The average molecular weight is 269 g/mol. The zero-order valence-electron chi connectivity index (χ0n) is 10.9. The fraction of sp³-hybridized carbons (Fsp3) is 0.462. The third kappa shape index (κ3) is 5.84. The number of hydrogen-bond donors (Lipinski definition) is 2. The molecule has 0 aromatic carbocycles. The summed E-state index contributed by atoms with van der Waals surface area (Å²) < 4.78 is 5.15. The summed E-state index contributed by atoms with van der Waals surface area (Å²) in [5.74, 6) is 0. The van der Waals surface area contributed by atoms with E-state index in [9.17, 15) is 4.79 Å². The van der Waals surface area contributed by atoms with Crippen LogP contribution in [0.15, 0.2) is 17.5 Å². The Kier molecular flexibility index (Phi) is 5.37. The van der Waals surface area contributed by atoms with Crippen molar-refractivity contribution >= 4 is 28.5 Å². The van der Waals surface area contributed by atoms with Crippen LogP contribution in [0.1, 0.15) is 32.8 Å². The van der Waals surface area contributed by atoms with Crippen LogP contribution in [-0.4, -0.2) is 23.4 Å². The van der Waals surface area contributed by atoms with Gasteiger partial charge in [0.25, 0.3) is 0 Å². The molecule has 0 fully saturated rings. The summed E-state index contributed by atoms with van der Waals surface area (Å²) in [7, 11) is 0.